The minimum atomic E-state index is 0.151. The van der Waals surface area contributed by atoms with Gasteiger partial charge >= 0.3 is 0 Å². The van der Waals surface area contributed by atoms with Gasteiger partial charge in [0.2, 0.25) is 0 Å². The van der Waals surface area contributed by atoms with Gasteiger partial charge in [0, 0.05) is 39.7 Å². The van der Waals surface area contributed by atoms with E-state index in [9.17, 15) is 0 Å². The molecule has 336 valence electrons. The highest BCUT2D eigenvalue weighted by Gasteiger charge is 2.37. The maximum Gasteiger partial charge on any atom is 0.0575 e. The van der Waals surface area contributed by atoms with Gasteiger partial charge in [0.1, 0.15) is 0 Å². The first kappa shape index (κ1) is 42.1. The van der Waals surface area contributed by atoms with Gasteiger partial charge in [0.25, 0.3) is 0 Å². The summed E-state index contributed by atoms with van der Waals surface area (Å²) >= 11 is 0. The van der Waals surface area contributed by atoms with Crippen LogP contribution in [0, 0.1) is 0 Å². The second-order valence-corrected chi connectivity index (χ2v) is 18.7. The molecule has 2 nitrogen and oxygen atoms in total. The van der Waals surface area contributed by atoms with Crippen LogP contribution in [0.1, 0.15) is 29.0 Å². The molecule has 13 rings (SSSR count). The van der Waals surface area contributed by atoms with Gasteiger partial charge in [0.15, 0.2) is 0 Å². The normalized spacial score (nSPS) is 14.6. The third kappa shape index (κ3) is 7.62. The highest BCUT2D eigenvalue weighted by molar-refractivity contribution is 6.05. The van der Waals surface area contributed by atoms with Gasteiger partial charge in [0.05, 0.1) is 17.4 Å². The molecule has 0 saturated carbocycles. The van der Waals surface area contributed by atoms with Crippen LogP contribution in [0.4, 0.5) is 28.4 Å². The Morgan fingerprint density at radius 3 is 1.41 bits per heavy atom. The van der Waals surface area contributed by atoms with Gasteiger partial charge in [-0.05, 0) is 109 Å². The molecule has 0 aromatic heterocycles. The van der Waals surface area contributed by atoms with E-state index in [-0.39, 0.29) is 6.04 Å². The van der Waals surface area contributed by atoms with Gasteiger partial charge in [-0.3, -0.25) is 0 Å². The Morgan fingerprint density at radius 2 is 0.789 bits per heavy atom. The van der Waals surface area contributed by atoms with Crippen LogP contribution in [0.25, 0.3) is 72.5 Å². The first-order valence-corrected chi connectivity index (χ1v) is 24.8. The molecule has 0 saturated heterocycles. The molecule has 1 aliphatic heterocycles. The summed E-state index contributed by atoms with van der Waals surface area (Å²) in [5, 5.41) is 2.49. The second kappa shape index (κ2) is 18.2. The number of hydrogen-bond donors (Lipinski definition) is 0. The number of para-hydroxylation sites is 3. The molecular weight excluding hydrogens is 857 g/mol. The van der Waals surface area contributed by atoms with Crippen molar-refractivity contribution in [2.45, 2.75) is 18.4 Å². The Bertz CT molecular complexity index is 3730. The molecular formula is C69H50N2. The maximum absolute atomic E-state index is 2.64. The lowest BCUT2D eigenvalue weighted by atomic mass is 9.80. The standard InChI is InChI=1S/C69H50N2/c1-4-19-48(20-5-1)58-45-46-59(64-29-13-12-28-63(58)64)52-35-40-54(41-36-52)70(67-33-16-14-27-60(67)49-21-6-2-7-22-49)55-42-37-53(38-43-55)62-32-18-31-61(50-23-8-3-9-24-50)69(62)71-56-44-39-51-25-10-11-26-57(51)66(47-56)65-30-15-17-34-68(65)71/h1-46,56,66H,47H2. The van der Waals surface area contributed by atoms with E-state index >= 15 is 0 Å². The quantitative estimate of drug-likeness (QED) is 0.142. The summed E-state index contributed by atoms with van der Waals surface area (Å²) in [6.07, 6.45) is 5.80. The van der Waals surface area contributed by atoms with E-state index in [1.54, 1.807) is 0 Å². The molecule has 11 aromatic carbocycles. The smallest absolute Gasteiger partial charge is 0.0575 e. The van der Waals surface area contributed by atoms with Crippen molar-refractivity contribution in [3.05, 3.63) is 290 Å². The molecule has 2 bridgehead atoms. The largest absolute Gasteiger partial charge is 0.333 e. The lowest BCUT2D eigenvalue weighted by molar-refractivity contribution is 0.610. The summed E-state index contributed by atoms with van der Waals surface area (Å²) in [5.41, 5.74) is 21.9. The predicted octanol–water partition coefficient (Wildman–Crippen LogP) is 18.7. The van der Waals surface area contributed by atoms with Gasteiger partial charge in [-0.1, -0.05) is 243 Å². The topological polar surface area (TPSA) is 6.48 Å². The Kier molecular flexibility index (Phi) is 10.8. The van der Waals surface area contributed by atoms with Crippen LogP contribution >= 0.6 is 0 Å². The van der Waals surface area contributed by atoms with E-state index < -0.39 is 0 Å². The van der Waals surface area contributed by atoms with Gasteiger partial charge in [-0.25, -0.2) is 0 Å². The van der Waals surface area contributed by atoms with E-state index in [2.05, 4.69) is 289 Å². The van der Waals surface area contributed by atoms with Crippen molar-refractivity contribution in [1.29, 1.82) is 0 Å². The van der Waals surface area contributed by atoms with Crippen LogP contribution in [0.5, 0.6) is 0 Å². The summed E-state index contributed by atoms with van der Waals surface area (Å²) in [4.78, 5) is 5.06. The molecule has 1 heterocycles. The average molecular weight is 907 g/mol. The fraction of sp³-hybridized carbons (Fsp3) is 0.0435. The van der Waals surface area contributed by atoms with Crippen LogP contribution < -0.4 is 9.80 Å². The van der Waals surface area contributed by atoms with Crippen LogP contribution in [-0.2, 0) is 0 Å². The number of rotatable bonds is 9. The van der Waals surface area contributed by atoms with Crippen LogP contribution in [0.2, 0.25) is 0 Å². The first-order valence-electron chi connectivity index (χ1n) is 24.8. The van der Waals surface area contributed by atoms with Crippen molar-refractivity contribution < 1.29 is 0 Å². The molecule has 2 unspecified atom stereocenters. The highest BCUT2D eigenvalue weighted by atomic mass is 15.2. The molecule has 0 radical (unpaired) electrons. The molecule has 0 amide bonds. The monoisotopic (exact) mass is 906 g/mol. The fourth-order valence-electron chi connectivity index (χ4n) is 11.4. The lowest BCUT2D eigenvalue weighted by Crippen LogP contribution is -2.36. The Labute approximate surface area is 416 Å². The van der Waals surface area contributed by atoms with Crippen molar-refractivity contribution in [2.75, 3.05) is 9.80 Å². The number of anilines is 5. The second-order valence-electron chi connectivity index (χ2n) is 18.7. The summed E-state index contributed by atoms with van der Waals surface area (Å²) in [6.45, 7) is 0. The summed E-state index contributed by atoms with van der Waals surface area (Å²) in [7, 11) is 0. The Morgan fingerprint density at radius 1 is 0.338 bits per heavy atom. The summed E-state index contributed by atoms with van der Waals surface area (Å²) < 4.78 is 0. The average Bonchev–Trinajstić information content (AvgIpc) is 3.61. The SMILES string of the molecule is C1=CC2CC(c3ccccc31)c1ccccc1N2c1c(-c2ccccc2)cccc1-c1ccc(N(c2ccc(-c3ccc(-c4ccccc4)c4ccccc34)cc2)c2ccccc2-c2ccccc2)cc1. The third-order valence-electron chi connectivity index (χ3n) is 14.7. The maximum atomic E-state index is 2.64. The molecule has 2 atom stereocenters. The van der Waals surface area contributed by atoms with Gasteiger partial charge in [-0.2, -0.15) is 0 Å². The fourth-order valence-corrected chi connectivity index (χ4v) is 11.4. The number of nitrogens with zero attached hydrogens (tertiary/aromatic N) is 2. The molecule has 11 aromatic rings. The van der Waals surface area contributed by atoms with Crippen molar-refractivity contribution in [1.82, 2.24) is 0 Å². The van der Waals surface area contributed by atoms with Crippen molar-refractivity contribution in [3.8, 4) is 55.6 Å². The van der Waals surface area contributed by atoms with Crippen molar-refractivity contribution in [2.24, 2.45) is 0 Å². The van der Waals surface area contributed by atoms with Crippen LogP contribution in [0.15, 0.2) is 273 Å². The van der Waals surface area contributed by atoms with E-state index in [0.717, 1.165) is 23.5 Å². The highest BCUT2D eigenvalue weighted by Crippen LogP contribution is 2.53. The van der Waals surface area contributed by atoms with E-state index in [4.69, 9.17) is 0 Å². The molecule has 71 heavy (non-hydrogen) atoms. The minimum Gasteiger partial charge on any atom is -0.333 e. The Hall–Kier alpha value is -8.98. The summed E-state index contributed by atoms with van der Waals surface area (Å²) in [5.74, 6) is 0.309. The summed E-state index contributed by atoms with van der Waals surface area (Å²) in [6, 6.07) is 98.0. The van der Waals surface area contributed by atoms with Crippen LogP contribution in [0.3, 0.4) is 0 Å². The van der Waals surface area contributed by atoms with E-state index in [1.165, 1.54) is 94.5 Å². The minimum absolute atomic E-state index is 0.151. The first-order chi connectivity index (χ1) is 35.2. The van der Waals surface area contributed by atoms with Crippen molar-refractivity contribution in [3.63, 3.8) is 0 Å². The molecule has 0 fully saturated rings. The Balaban J connectivity index is 0.942. The van der Waals surface area contributed by atoms with E-state index in [0.29, 0.717) is 5.92 Å². The zero-order valence-corrected chi connectivity index (χ0v) is 39.3. The lowest BCUT2D eigenvalue weighted by Gasteiger charge is -2.42. The van der Waals surface area contributed by atoms with Crippen molar-refractivity contribution >= 4 is 45.3 Å². The van der Waals surface area contributed by atoms with Gasteiger partial charge < -0.3 is 9.80 Å². The molecule has 2 heteroatoms. The van der Waals surface area contributed by atoms with E-state index in [1.807, 2.05) is 0 Å². The molecule has 2 aliphatic rings. The number of hydrogen-bond acceptors (Lipinski definition) is 2. The zero-order valence-electron chi connectivity index (χ0n) is 39.3. The van der Waals surface area contributed by atoms with Crippen LogP contribution in [-0.4, -0.2) is 6.04 Å². The third-order valence-corrected chi connectivity index (χ3v) is 14.7. The molecule has 0 N–H and O–H groups in total. The zero-order chi connectivity index (χ0) is 47.1. The predicted molar refractivity (Wildman–Crippen MR) is 300 cm³/mol. The number of fused-ring (bicyclic) bond motifs is 7. The number of benzene rings is 11. The van der Waals surface area contributed by atoms with Gasteiger partial charge in [-0.15, -0.1) is 0 Å². The molecule has 1 aliphatic carbocycles. The molecule has 0 spiro atoms.